The van der Waals surface area contributed by atoms with Crippen molar-refractivity contribution >= 4 is 46.2 Å². The molecule has 0 aliphatic carbocycles. The third-order valence-corrected chi connectivity index (χ3v) is 7.74. The van der Waals surface area contributed by atoms with Crippen molar-refractivity contribution < 1.29 is 31.9 Å². The number of aromatic nitrogens is 3. The summed E-state index contributed by atoms with van der Waals surface area (Å²) in [4.78, 5) is 37.0. The molecule has 5 rings (SSSR count). The Bertz CT molecular complexity index is 1780. The number of aliphatic imine (C=N–C) groups is 1. The Morgan fingerprint density at radius 2 is 1.89 bits per heavy atom. The molecule has 1 saturated heterocycles. The normalized spacial score (nSPS) is 14.2. The molecule has 0 unspecified atom stereocenters. The lowest BCUT2D eigenvalue weighted by atomic mass is 10.0. The zero-order valence-electron chi connectivity index (χ0n) is 25.0. The highest BCUT2D eigenvalue weighted by Crippen LogP contribution is 2.32. The Kier molecular flexibility index (Phi) is 9.60. The smallest absolute Gasteiger partial charge is 0.406 e. The van der Waals surface area contributed by atoms with Gasteiger partial charge in [-0.05, 0) is 72.5 Å². The number of urea groups is 1. The molecule has 3 aromatic carbocycles. The number of benzene rings is 3. The van der Waals surface area contributed by atoms with Gasteiger partial charge in [0.1, 0.15) is 17.9 Å². The first-order chi connectivity index (χ1) is 21.9. The lowest BCUT2D eigenvalue weighted by Crippen LogP contribution is -2.31. The molecule has 0 atom stereocenters. The molecule has 1 aromatic heterocycles. The summed E-state index contributed by atoms with van der Waals surface area (Å²) in [5.74, 6) is -0.811. The SMILES string of the molecule is CCCc1ccc(C)cc1N1C(=O)CS/C1=N\C(=O)Nc1ccc(CN(C)c2ncn(-c3ccc(OC(F)(F)F)cc3)n2)cc1F. The molecule has 10 nitrogen and oxygen atoms in total. The molecule has 15 heteroatoms. The Balaban J connectivity index is 1.23. The number of anilines is 3. The van der Waals surface area contributed by atoms with Crippen LogP contribution in [0.4, 0.5) is 39.7 Å². The summed E-state index contributed by atoms with van der Waals surface area (Å²) in [6.45, 7) is 4.17. The van der Waals surface area contributed by atoms with E-state index >= 15 is 4.39 Å². The molecule has 4 aromatic rings. The second-order valence-corrected chi connectivity index (χ2v) is 11.4. The number of hydrogen-bond acceptors (Lipinski definition) is 7. The van der Waals surface area contributed by atoms with Crippen molar-refractivity contribution in [3.05, 3.63) is 89.5 Å². The van der Waals surface area contributed by atoms with E-state index in [1.807, 2.05) is 32.0 Å². The van der Waals surface area contributed by atoms with E-state index in [0.29, 0.717) is 16.9 Å². The van der Waals surface area contributed by atoms with E-state index in [0.717, 1.165) is 35.7 Å². The number of carbonyl (C=O) groups is 2. The van der Waals surface area contributed by atoms with Gasteiger partial charge < -0.3 is 15.0 Å². The van der Waals surface area contributed by atoms with Crippen LogP contribution in [-0.4, -0.2) is 51.0 Å². The molecule has 0 bridgehead atoms. The van der Waals surface area contributed by atoms with Gasteiger partial charge in [0.15, 0.2) is 5.17 Å². The first kappa shape index (κ1) is 32.5. The summed E-state index contributed by atoms with van der Waals surface area (Å²) in [6, 6.07) is 14.5. The first-order valence-corrected chi connectivity index (χ1v) is 15.1. The largest absolute Gasteiger partial charge is 0.573 e. The number of thioether (sulfide) groups is 1. The zero-order valence-corrected chi connectivity index (χ0v) is 25.8. The van der Waals surface area contributed by atoms with Gasteiger partial charge >= 0.3 is 12.4 Å². The van der Waals surface area contributed by atoms with Crippen molar-refractivity contribution in [1.82, 2.24) is 14.8 Å². The van der Waals surface area contributed by atoms with E-state index in [1.165, 1.54) is 52.3 Å². The number of hydrogen-bond donors (Lipinski definition) is 1. The third kappa shape index (κ3) is 7.83. The number of amidine groups is 1. The number of amides is 3. The van der Waals surface area contributed by atoms with Crippen molar-refractivity contribution in [2.75, 3.05) is 27.9 Å². The number of alkyl halides is 3. The van der Waals surface area contributed by atoms with E-state index in [2.05, 4.69) is 25.1 Å². The molecule has 0 saturated carbocycles. The van der Waals surface area contributed by atoms with E-state index < -0.39 is 18.2 Å². The third-order valence-electron chi connectivity index (χ3n) is 6.81. The average molecular weight is 656 g/mol. The number of aryl methyl sites for hydroxylation is 2. The predicted octanol–water partition coefficient (Wildman–Crippen LogP) is 6.87. The molecule has 1 aliphatic heterocycles. The number of ether oxygens (including phenoxy) is 1. The molecule has 240 valence electrons. The number of rotatable bonds is 9. The predicted molar refractivity (Wildman–Crippen MR) is 168 cm³/mol. The lowest BCUT2D eigenvalue weighted by molar-refractivity contribution is -0.274. The van der Waals surface area contributed by atoms with E-state index in [9.17, 15) is 22.8 Å². The summed E-state index contributed by atoms with van der Waals surface area (Å²) in [6.07, 6.45) is -1.76. The number of nitrogens with one attached hydrogen (secondary N) is 1. The lowest BCUT2D eigenvalue weighted by Gasteiger charge is -2.20. The van der Waals surface area contributed by atoms with E-state index in [-0.39, 0.29) is 40.8 Å². The minimum absolute atomic E-state index is 0.0794. The van der Waals surface area contributed by atoms with Crippen LogP contribution in [0.5, 0.6) is 5.75 Å². The van der Waals surface area contributed by atoms with Crippen LogP contribution in [0.15, 0.2) is 72.0 Å². The highest BCUT2D eigenvalue weighted by atomic mass is 32.2. The molecular formula is C31H29F4N7O3S. The van der Waals surface area contributed by atoms with E-state index in [1.54, 1.807) is 18.0 Å². The van der Waals surface area contributed by atoms with Crippen LogP contribution in [0.1, 0.15) is 30.0 Å². The van der Waals surface area contributed by atoms with Crippen LogP contribution >= 0.6 is 11.8 Å². The molecular weight excluding hydrogens is 626 g/mol. The fourth-order valence-corrected chi connectivity index (χ4v) is 5.59. The second-order valence-electron chi connectivity index (χ2n) is 10.4. The fraction of sp³-hybridized carbons (Fsp3) is 0.258. The zero-order chi connectivity index (χ0) is 33.0. The van der Waals surface area contributed by atoms with Crippen molar-refractivity contribution in [2.24, 2.45) is 4.99 Å². The second kappa shape index (κ2) is 13.6. The minimum Gasteiger partial charge on any atom is -0.406 e. The van der Waals surface area contributed by atoms with Crippen LogP contribution in [-0.2, 0) is 17.8 Å². The topological polar surface area (TPSA) is 105 Å². The van der Waals surface area contributed by atoms with Crippen molar-refractivity contribution in [2.45, 2.75) is 39.6 Å². The van der Waals surface area contributed by atoms with Gasteiger partial charge in [0.25, 0.3) is 0 Å². The van der Waals surface area contributed by atoms with Crippen LogP contribution in [0, 0.1) is 12.7 Å². The maximum atomic E-state index is 15.1. The monoisotopic (exact) mass is 655 g/mol. The number of halogens is 4. The Morgan fingerprint density at radius 1 is 1.13 bits per heavy atom. The van der Waals surface area contributed by atoms with E-state index in [4.69, 9.17) is 0 Å². The van der Waals surface area contributed by atoms with Crippen molar-refractivity contribution in [3.8, 4) is 11.4 Å². The Hall–Kier alpha value is -4.92. The van der Waals surface area contributed by atoms with Gasteiger partial charge in [-0.1, -0.05) is 43.3 Å². The molecule has 1 fully saturated rings. The molecule has 3 amide bonds. The minimum atomic E-state index is -4.79. The number of carbonyl (C=O) groups excluding carboxylic acids is 2. The van der Waals surface area contributed by atoms with Gasteiger partial charge in [0.2, 0.25) is 11.9 Å². The summed E-state index contributed by atoms with van der Waals surface area (Å²) < 4.78 is 57.6. The van der Waals surface area contributed by atoms with Crippen LogP contribution in [0.2, 0.25) is 0 Å². The van der Waals surface area contributed by atoms with Crippen LogP contribution in [0.25, 0.3) is 5.69 Å². The standard InChI is InChI=1S/C31H29F4N7O3S/c1-4-5-21-8-6-19(2)14-26(21)42-27(43)17-46-30(42)38-29(44)37-25-13-7-20(15-24(25)32)16-40(3)28-36-18-41(39-28)22-9-11-23(12-10-22)45-31(33,34)35/h6-15,18H,4-5,16-17H2,1-3H3,(H,37,44)/b38-30-. The van der Waals surface area contributed by atoms with Gasteiger partial charge in [0.05, 0.1) is 22.8 Å². The highest BCUT2D eigenvalue weighted by Gasteiger charge is 2.32. The van der Waals surface area contributed by atoms with Crippen LogP contribution < -0.4 is 19.9 Å². The summed E-state index contributed by atoms with van der Waals surface area (Å²) >= 11 is 1.15. The number of nitrogens with zero attached hydrogens (tertiary/aromatic N) is 6. The summed E-state index contributed by atoms with van der Waals surface area (Å²) in [7, 11) is 1.69. The summed E-state index contributed by atoms with van der Waals surface area (Å²) in [5.41, 5.74) is 3.56. The Labute approximate surface area is 266 Å². The van der Waals surface area contributed by atoms with Gasteiger partial charge in [-0.15, -0.1) is 18.3 Å². The molecule has 2 heterocycles. The highest BCUT2D eigenvalue weighted by molar-refractivity contribution is 8.15. The van der Waals surface area contributed by atoms with Crippen LogP contribution in [0.3, 0.4) is 0 Å². The maximum Gasteiger partial charge on any atom is 0.573 e. The van der Waals surface area contributed by atoms with Gasteiger partial charge in [-0.2, -0.15) is 9.98 Å². The Morgan fingerprint density at radius 3 is 2.59 bits per heavy atom. The quantitative estimate of drug-likeness (QED) is 0.196. The first-order valence-electron chi connectivity index (χ1n) is 14.1. The van der Waals surface area contributed by atoms with Gasteiger partial charge in [-0.25, -0.2) is 13.9 Å². The fourth-order valence-electron chi connectivity index (χ4n) is 4.73. The van der Waals surface area contributed by atoms with Gasteiger partial charge in [0, 0.05) is 13.6 Å². The van der Waals surface area contributed by atoms with Gasteiger partial charge in [-0.3, -0.25) is 9.69 Å². The molecule has 1 N–H and O–H groups in total. The van der Waals surface area contributed by atoms with Crippen molar-refractivity contribution in [1.29, 1.82) is 0 Å². The maximum absolute atomic E-state index is 15.1. The van der Waals surface area contributed by atoms with Crippen molar-refractivity contribution in [3.63, 3.8) is 0 Å². The molecule has 1 aliphatic rings. The molecule has 0 spiro atoms. The molecule has 0 radical (unpaired) electrons. The summed E-state index contributed by atoms with van der Waals surface area (Å²) in [5, 5.41) is 7.02. The average Bonchev–Trinajstić information content (AvgIpc) is 3.62. The molecule has 46 heavy (non-hydrogen) atoms.